The van der Waals surface area contributed by atoms with Gasteiger partial charge < -0.3 is 34.1 Å². The summed E-state index contributed by atoms with van der Waals surface area (Å²) in [7, 11) is 4.98. The van der Waals surface area contributed by atoms with Crippen molar-refractivity contribution in [3.8, 4) is 23.0 Å². The first-order valence-electron chi connectivity index (χ1n) is 18.8. The molecule has 0 aliphatic carbocycles. The van der Waals surface area contributed by atoms with Crippen LogP contribution in [0.25, 0.3) is 5.57 Å². The second-order valence-corrected chi connectivity index (χ2v) is 14.2. The van der Waals surface area contributed by atoms with E-state index in [1.54, 1.807) is 43.4 Å². The molecule has 2 atom stereocenters. The number of ether oxygens (including phenoxy) is 4. The van der Waals surface area contributed by atoms with Crippen LogP contribution in [0.1, 0.15) is 55.2 Å². The average molecular weight is 761 g/mol. The number of methoxy groups -OCH3 is 2. The molecule has 0 bridgehead atoms. The van der Waals surface area contributed by atoms with E-state index in [9.17, 15) is 9.59 Å². The molecule has 4 aliphatic heterocycles. The fourth-order valence-electron chi connectivity index (χ4n) is 7.74. The third kappa shape index (κ3) is 6.83. The molecule has 12 nitrogen and oxygen atoms in total. The number of nitrogens with one attached hydrogen (secondary N) is 1. The van der Waals surface area contributed by atoms with Crippen molar-refractivity contribution in [2.24, 2.45) is 9.98 Å². The Kier molecular flexibility index (Phi) is 9.37. The van der Waals surface area contributed by atoms with Crippen molar-refractivity contribution in [2.75, 3.05) is 26.6 Å². The quantitative estimate of drug-likeness (QED) is 0.155. The Morgan fingerprint density at radius 1 is 0.684 bits per heavy atom. The molecular formula is C45H40N6O6. The van der Waals surface area contributed by atoms with Gasteiger partial charge in [0.2, 0.25) is 0 Å². The lowest BCUT2D eigenvalue weighted by atomic mass is 9.94. The molecular weight excluding hydrogens is 721 g/mol. The van der Waals surface area contributed by atoms with Gasteiger partial charge in [-0.1, -0.05) is 42.5 Å². The Labute approximate surface area is 330 Å². The van der Waals surface area contributed by atoms with Gasteiger partial charge in [-0.25, -0.2) is 0 Å². The van der Waals surface area contributed by atoms with E-state index in [2.05, 4.69) is 29.6 Å². The molecule has 4 aliphatic rings. The average Bonchev–Trinajstić information content (AvgIpc) is 3.58. The molecule has 286 valence electrons. The summed E-state index contributed by atoms with van der Waals surface area (Å²) in [6, 6.07) is 28.5. The van der Waals surface area contributed by atoms with Crippen molar-refractivity contribution in [3.63, 3.8) is 0 Å². The standard InChI is InChI=1S/C45H40N6O6/c1-46-31-13-11-27(12-14-31)30-16-35-22-48-39-20-43(41(55-3)18-37(39)45(53)51(35)24-30)57-26-33-10-6-9-32(49-33)25-56-42-19-38-36(17-40(42)54-2)44(52)50-23-29-8-5-4-7-28(29)15-34(50)21-47-38/h4-14,17-22,24,34-35,46H,15-16,23,25-26H2,1-3H3/t34-,35-/m0/s1. The van der Waals surface area contributed by atoms with Crippen molar-refractivity contribution >= 4 is 46.9 Å². The van der Waals surface area contributed by atoms with Crippen LogP contribution < -0.4 is 24.3 Å². The molecule has 4 aromatic carbocycles. The second-order valence-electron chi connectivity index (χ2n) is 14.2. The normalized spacial score (nSPS) is 17.6. The fourth-order valence-corrected chi connectivity index (χ4v) is 7.74. The maximum Gasteiger partial charge on any atom is 0.260 e. The van der Waals surface area contributed by atoms with Gasteiger partial charge in [0.05, 0.1) is 60.2 Å². The van der Waals surface area contributed by atoms with Crippen molar-refractivity contribution in [1.82, 2.24) is 14.8 Å². The number of aliphatic imine (C=N–C) groups is 2. The molecule has 12 heteroatoms. The number of benzene rings is 4. The van der Waals surface area contributed by atoms with Crippen molar-refractivity contribution in [2.45, 2.75) is 44.7 Å². The zero-order valence-corrected chi connectivity index (χ0v) is 31.8. The van der Waals surface area contributed by atoms with Crippen LogP contribution in [-0.2, 0) is 26.2 Å². The van der Waals surface area contributed by atoms with E-state index in [4.69, 9.17) is 33.9 Å². The molecule has 0 unspecified atom stereocenters. The summed E-state index contributed by atoms with van der Waals surface area (Å²) in [6.45, 7) is 0.795. The van der Waals surface area contributed by atoms with Crippen molar-refractivity contribution in [1.29, 1.82) is 0 Å². The minimum Gasteiger partial charge on any atom is -0.493 e. The molecule has 0 radical (unpaired) electrons. The van der Waals surface area contributed by atoms with Crippen LogP contribution in [-0.4, -0.2) is 72.4 Å². The van der Waals surface area contributed by atoms with Crippen molar-refractivity contribution < 1.29 is 28.5 Å². The first-order valence-corrected chi connectivity index (χ1v) is 18.8. The lowest BCUT2D eigenvalue weighted by Gasteiger charge is -2.34. The van der Waals surface area contributed by atoms with Crippen LogP contribution in [0.5, 0.6) is 23.0 Å². The van der Waals surface area contributed by atoms with Crippen LogP contribution in [0.2, 0.25) is 0 Å². The van der Waals surface area contributed by atoms with Gasteiger partial charge in [-0.2, -0.15) is 0 Å². The van der Waals surface area contributed by atoms with Gasteiger partial charge in [0.15, 0.2) is 23.0 Å². The Balaban J connectivity index is 0.882. The summed E-state index contributed by atoms with van der Waals surface area (Å²) in [5.41, 5.74) is 8.81. The highest BCUT2D eigenvalue weighted by Crippen LogP contribution is 2.41. The lowest BCUT2D eigenvalue weighted by molar-refractivity contribution is 0.0702. The fraction of sp³-hybridized carbons (Fsp3) is 0.222. The van der Waals surface area contributed by atoms with Gasteiger partial charge in [-0.15, -0.1) is 0 Å². The number of anilines is 1. The van der Waals surface area contributed by atoms with Crippen LogP contribution in [0.3, 0.4) is 0 Å². The third-order valence-electron chi connectivity index (χ3n) is 10.8. The molecule has 57 heavy (non-hydrogen) atoms. The predicted molar refractivity (Wildman–Crippen MR) is 218 cm³/mol. The minimum atomic E-state index is -0.199. The first kappa shape index (κ1) is 35.7. The highest BCUT2D eigenvalue weighted by molar-refractivity contribution is 6.06. The highest BCUT2D eigenvalue weighted by Gasteiger charge is 2.35. The number of hydrogen-bond donors (Lipinski definition) is 1. The van der Waals surface area contributed by atoms with Crippen LogP contribution in [0.4, 0.5) is 17.1 Å². The number of fused-ring (bicyclic) bond motifs is 5. The summed E-state index contributed by atoms with van der Waals surface area (Å²) in [6.07, 6.45) is 6.97. The molecule has 2 amide bonds. The zero-order chi connectivity index (χ0) is 39.0. The van der Waals surface area contributed by atoms with Gasteiger partial charge in [0.25, 0.3) is 11.8 Å². The number of pyridine rings is 1. The van der Waals surface area contributed by atoms with Gasteiger partial charge >= 0.3 is 0 Å². The SMILES string of the molecule is CNc1ccc(C2=CN3C(=O)c4cc(OC)c(OCc5cccc(COc6cc7c(cc6OC)C(=O)N6Cc8ccccc8C[C@H]6C=N7)n5)cc4N=C[C@@H]3C2)cc1. The van der Waals surface area contributed by atoms with E-state index in [1.807, 2.05) is 73.0 Å². The first-order chi connectivity index (χ1) is 27.9. The number of carbonyl (C=O) groups excluding carboxylic acids is 2. The number of rotatable bonds is 10. The molecule has 0 saturated heterocycles. The van der Waals surface area contributed by atoms with E-state index in [0.717, 1.165) is 22.4 Å². The molecule has 0 fully saturated rings. The van der Waals surface area contributed by atoms with Gasteiger partial charge in [-0.3, -0.25) is 24.6 Å². The Morgan fingerprint density at radius 3 is 1.93 bits per heavy atom. The molecule has 1 aromatic heterocycles. The third-order valence-corrected chi connectivity index (χ3v) is 10.8. The monoisotopic (exact) mass is 760 g/mol. The minimum absolute atomic E-state index is 0.0932. The number of amides is 2. The molecule has 5 heterocycles. The van der Waals surface area contributed by atoms with E-state index in [0.29, 0.717) is 76.3 Å². The molecule has 0 saturated carbocycles. The largest absolute Gasteiger partial charge is 0.493 e. The van der Waals surface area contributed by atoms with Gasteiger partial charge in [-0.05, 0) is 65.1 Å². The van der Waals surface area contributed by atoms with Crippen LogP contribution in [0, 0.1) is 0 Å². The zero-order valence-electron chi connectivity index (χ0n) is 31.8. The van der Waals surface area contributed by atoms with E-state index in [-0.39, 0.29) is 37.1 Å². The summed E-state index contributed by atoms with van der Waals surface area (Å²) in [5.74, 6) is 1.49. The molecule has 1 N–H and O–H groups in total. The number of hydrogen-bond acceptors (Lipinski definition) is 10. The topological polar surface area (TPSA) is 127 Å². The Morgan fingerprint density at radius 2 is 1.30 bits per heavy atom. The van der Waals surface area contributed by atoms with Gasteiger partial charge in [0, 0.05) is 56.5 Å². The summed E-state index contributed by atoms with van der Waals surface area (Å²) in [4.78, 5) is 45.5. The molecule has 5 aromatic rings. The summed E-state index contributed by atoms with van der Waals surface area (Å²) in [5, 5.41) is 3.14. The van der Waals surface area contributed by atoms with Crippen molar-refractivity contribution in [3.05, 3.63) is 136 Å². The summed E-state index contributed by atoms with van der Waals surface area (Å²) < 4.78 is 23.8. The van der Waals surface area contributed by atoms with Gasteiger partial charge in [0.1, 0.15) is 13.2 Å². The highest BCUT2D eigenvalue weighted by atomic mass is 16.5. The van der Waals surface area contributed by atoms with Crippen LogP contribution >= 0.6 is 0 Å². The van der Waals surface area contributed by atoms with Crippen LogP contribution in [0.15, 0.2) is 107 Å². The number of aromatic nitrogens is 1. The Bertz CT molecular complexity index is 2500. The van der Waals surface area contributed by atoms with E-state index < -0.39 is 0 Å². The predicted octanol–water partition coefficient (Wildman–Crippen LogP) is 7.55. The number of nitrogens with zero attached hydrogens (tertiary/aromatic N) is 5. The Hall–Kier alpha value is -6.95. The maximum absolute atomic E-state index is 13.8. The maximum atomic E-state index is 13.8. The smallest absolute Gasteiger partial charge is 0.260 e. The summed E-state index contributed by atoms with van der Waals surface area (Å²) >= 11 is 0. The number of carbonyl (C=O) groups is 2. The van der Waals surface area contributed by atoms with E-state index >= 15 is 0 Å². The van der Waals surface area contributed by atoms with E-state index in [1.165, 1.54) is 5.56 Å². The molecule has 0 spiro atoms. The molecule has 9 rings (SSSR count). The second kappa shape index (κ2) is 14.9. The lowest BCUT2D eigenvalue weighted by Crippen LogP contribution is -2.44.